The zero-order chi connectivity index (χ0) is 18.0. The Labute approximate surface area is 139 Å². The van der Waals surface area contributed by atoms with Crippen molar-refractivity contribution >= 4 is 11.9 Å². The third kappa shape index (κ3) is 3.91. The van der Waals surface area contributed by atoms with Crippen LogP contribution in [-0.2, 0) is 6.18 Å². The molecule has 3 rings (SSSR count). The summed E-state index contributed by atoms with van der Waals surface area (Å²) >= 11 is 0. The van der Waals surface area contributed by atoms with Gasteiger partial charge in [-0.25, -0.2) is 4.98 Å². The van der Waals surface area contributed by atoms with Crippen LogP contribution in [0.15, 0.2) is 42.6 Å². The molecule has 0 aliphatic rings. The number of hydrogen-bond acceptors (Lipinski definition) is 7. The van der Waals surface area contributed by atoms with Gasteiger partial charge in [-0.3, -0.25) is 0 Å². The van der Waals surface area contributed by atoms with Crippen molar-refractivity contribution in [3.63, 3.8) is 0 Å². The van der Waals surface area contributed by atoms with E-state index in [1.165, 1.54) is 0 Å². The molecular weight excluding hydrogens is 337 g/mol. The maximum absolute atomic E-state index is 12.5. The van der Waals surface area contributed by atoms with Crippen LogP contribution in [0.2, 0.25) is 0 Å². The average molecular weight is 348 g/mol. The molecule has 0 radical (unpaired) electrons. The molecule has 0 bridgehead atoms. The molecule has 0 unspecified atom stereocenters. The minimum absolute atomic E-state index is 0.00298. The van der Waals surface area contributed by atoms with Crippen LogP contribution in [0.3, 0.4) is 0 Å². The molecule has 0 fully saturated rings. The third-order valence-corrected chi connectivity index (χ3v) is 3.07. The van der Waals surface area contributed by atoms with Crippen LogP contribution in [0, 0.1) is 0 Å². The molecule has 128 valence electrons. The predicted molar refractivity (Wildman–Crippen MR) is 83.4 cm³/mol. The lowest BCUT2D eigenvalue weighted by molar-refractivity contribution is -0.137. The number of aromatic nitrogens is 4. The highest BCUT2D eigenvalue weighted by Crippen LogP contribution is 2.30. The molecular formula is C15H11F3N6O. The summed E-state index contributed by atoms with van der Waals surface area (Å²) in [5, 5.41) is 0. The van der Waals surface area contributed by atoms with E-state index in [0.29, 0.717) is 23.3 Å². The Kier molecular flexibility index (Phi) is 4.09. The zero-order valence-corrected chi connectivity index (χ0v) is 12.5. The molecule has 10 heteroatoms. The number of nitrogens with two attached hydrogens (primary N) is 2. The molecule has 0 amide bonds. The topological polar surface area (TPSA) is 113 Å². The number of nitrogen functional groups attached to an aromatic ring is 2. The summed E-state index contributed by atoms with van der Waals surface area (Å²) in [6.07, 6.45) is -3.73. The van der Waals surface area contributed by atoms with Crippen LogP contribution in [0.1, 0.15) is 5.56 Å². The highest BCUT2D eigenvalue weighted by atomic mass is 19.4. The fourth-order valence-corrected chi connectivity index (χ4v) is 1.94. The summed E-state index contributed by atoms with van der Waals surface area (Å²) < 4.78 is 42.9. The van der Waals surface area contributed by atoms with Crippen LogP contribution < -0.4 is 16.2 Å². The van der Waals surface area contributed by atoms with Gasteiger partial charge in [0.2, 0.25) is 17.8 Å². The number of alkyl halides is 3. The van der Waals surface area contributed by atoms with E-state index in [1.54, 1.807) is 24.3 Å². The van der Waals surface area contributed by atoms with Gasteiger partial charge in [0.05, 0.1) is 5.56 Å². The van der Waals surface area contributed by atoms with Crippen molar-refractivity contribution in [3.8, 4) is 23.0 Å². The summed E-state index contributed by atoms with van der Waals surface area (Å²) in [5.41, 5.74) is 10.8. The lowest BCUT2D eigenvalue weighted by Crippen LogP contribution is -2.05. The molecule has 0 saturated heterocycles. The van der Waals surface area contributed by atoms with Gasteiger partial charge < -0.3 is 16.2 Å². The molecule has 25 heavy (non-hydrogen) atoms. The van der Waals surface area contributed by atoms with Crippen molar-refractivity contribution in [2.75, 3.05) is 11.5 Å². The van der Waals surface area contributed by atoms with Crippen molar-refractivity contribution in [2.45, 2.75) is 6.18 Å². The van der Waals surface area contributed by atoms with E-state index in [1.807, 2.05) is 0 Å². The lowest BCUT2D eigenvalue weighted by Gasteiger charge is -2.08. The maximum Gasteiger partial charge on any atom is 0.417 e. The zero-order valence-electron chi connectivity index (χ0n) is 12.5. The van der Waals surface area contributed by atoms with Gasteiger partial charge in [-0.1, -0.05) is 0 Å². The molecule has 0 aliphatic carbocycles. The van der Waals surface area contributed by atoms with Crippen molar-refractivity contribution in [2.24, 2.45) is 0 Å². The van der Waals surface area contributed by atoms with Crippen LogP contribution in [-0.4, -0.2) is 19.9 Å². The number of pyridine rings is 1. The average Bonchev–Trinajstić information content (AvgIpc) is 2.54. The van der Waals surface area contributed by atoms with Crippen LogP contribution in [0.4, 0.5) is 25.1 Å². The van der Waals surface area contributed by atoms with E-state index in [0.717, 1.165) is 12.1 Å². The standard InChI is InChI=1S/C15H11F3N6O/c16-15(17,18)9-3-6-11(21-7-9)25-10-4-1-8(2-5-10)12-22-13(19)24-14(20)23-12/h1-7H,(H4,19,20,22,23,24). The Morgan fingerprint density at radius 1 is 0.840 bits per heavy atom. The van der Waals surface area contributed by atoms with Gasteiger partial charge in [0.1, 0.15) is 5.75 Å². The molecule has 2 aromatic heterocycles. The lowest BCUT2D eigenvalue weighted by atomic mass is 10.2. The Hall–Kier alpha value is -3.43. The second-order valence-corrected chi connectivity index (χ2v) is 4.88. The Balaban J connectivity index is 1.76. The minimum Gasteiger partial charge on any atom is -0.439 e. The number of rotatable bonds is 3. The first-order valence-corrected chi connectivity index (χ1v) is 6.90. The van der Waals surface area contributed by atoms with Crippen molar-refractivity contribution in [1.82, 2.24) is 19.9 Å². The Bertz CT molecular complexity index is 861. The normalized spacial score (nSPS) is 11.3. The molecule has 0 aliphatic heterocycles. The van der Waals surface area contributed by atoms with E-state index < -0.39 is 11.7 Å². The summed E-state index contributed by atoms with van der Waals surface area (Å²) in [7, 11) is 0. The van der Waals surface area contributed by atoms with Crippen LogP contribution >= 0.6 is 0 Å². The van der Waals surface area contributed by atoms with Gasteiger partial charge in [0.15, 0.2) is 5.82 Å². The summed E-state index contributed by atoms with van der Waals surface area (Å²) in [4.78, 5) is 15.2. The molecule has 0 atom stereocenters. The van der Waals surface area contributed by atoms with Crippen LogP contribution in [0.25, 0.3) is 11.4 Å². The molecule has 3 aromatic rings. The quantitative estimate of drug-likeness (QED) is 0.748. The first-order valence-electron chi connectivity index (χ1n) is 6.90. The second-order valence-electron chi connectivity index (χ2n) is 4.88. The van der Waals surface area contributed by atoms with Gasteiger partial charge in [-0.2, -0.15) is 28.1 Å². The molecule has 2 heterocycles. The first-order chi connectivity index (χ1) is 11.8. The number of hydrogen-bond donors (Lipinski definition) is 2. The van der Waals surface area contributed by atoms with E-state index in [2.05, 4.69) is 19.9 Å². The van der Waals surface area contributed by atoms with Crippen molar-refractivity contribution < 1.29 is 17.9 Å². The summed E-state index contributed by atoms with van der Waals surface area (Å²) in [6, 6.07) is 8.51. The number of nitrogens with zero attached hydrogens (tertiary/aromatic N) is 4. The molecule has 1 aromatic carbocycles. The monoisotopic (exact) mass is 348 g/mol. The van der Waals surface area contributed by atoms with Gasteiger partial charge in [-0.15, -0.1) is 0 Å². The molecule has 0 spiro atoms. The van der Waals surface area contributed by atoms with Gasteiger partial charge in [0, 0.05) is 17.8 Å². The van der Waals surface area contributed by atoms with Gasteiger partial charge in [0.25, 0.3) is 0 Å². The molecule has 7 nitrogen and oxygen atoms in total. The SMILES string of the molecule is Nc1nc(N)nc(-c2ccc(Oc3ccc(C(F)(F)F)cn3)cc2)n1. The Morgan fingerprint density at radius 3 is 2.00 bits per heavy atom. The smallest absolute Gasteiger partial charge is 0.417 e. The van der Waals surface area contributed by atoms with Crippen molar-refractivity contribution in [3.05, 3.63) is 48.2 Å². The minimum atomic E-state index is -4.44. The number of ether oxygens (including phenoxy) is 1. The van der Waals surface area contributed by atoms with E-state index in [-0.39, 0.29) is 17.8 Å². The summed E-state index contributed by atoms with van der Waals surface area (Å²) in [6.45, 7) is 0. The third-order valence-electron chi connectivity index (χ3n) is 3.07. The highest BCUT2D eigenvalue weighted by Gasteiger charge is 2.30. The number of halogens is 3. The fourth-order valence-electron chi connectivity index (χ4n) is 1.94. The second kappa shape index (κ2) is 6.23. The number of anilines is 2. The number of benzene rings is 1. The molecule has 4 N–H and O–H groups in total. The Morgan fingerprint density at radius 2 is 1.48 bits per heavy atom. The molecule has 0 saturated carbocycles. The van der Waals surface area contributed by atoms with E-state index >= 15 is 0 Å². The summed E-state index contributed by atoms with van der Waals surface area (Å²) in [5.74, 6) is 0.707. The maximum atomic E-state index is 12.5. The first kappa shape index (κ1) is 16.4. The van der Waals surface area contributed by atoms with Gasteiger partial charge in [-0.05, 0) is 30.3 Å². The van der Waals surface area contributed by atoms with Crippen molar-refractivity contribution in [1.29, 1.82) is 0 Å². The van der Waals surface area contributed by atoms with Gasteiger partial charge >= 0.3 is 6.18 Å². The van der Waals surface area contributed by atoms with Crippen LogP contribution in [0.5, 0.6) is 11.6 Å². The fraction of sp³-hybridized carbons (Fsp3) is 0.0667. The largest absolute Gasteiger partial charge is 0.439 e. The van der Waals surface area contributed by atoms with E-state index in [4.69, 9.17) is 16.2 Å². The predicted octanol–water partition coefficient (Wildman–Crippen LogP) is 2.91. The van der Waals surface area contributed by atoms with E-state index in [9.17, 15) is 13.2 Å². The highest BCUT2D eigenvalue weighted by molar-refractivity contribution is 5.58.